The van der Waals surface area contributed by atoms with E-state index in [0.717, 1.165) is 24.7 Å². The molecule has 2 amide bonds. The maximum atomic E-state index is 13.7. The average molecular weight is 579 g/mol. The van der Waals surface area contributed by atoms with Gasteiger partial charge in [0.15, 0.2) is 5.65 Å². The molecular weight excluding hydrogens is 536 g/mol. The van der Waals surface area contributed by atoms with Crippen LogP contribution in [0.1, 0.15) is 92.6 Å². The number of aromatic nitrogens is 4. The van der Waals surface area contributed by atoms with E-state index < -0.39 is 27.1 Å². The Balaban J connectivity index is 1.72. The van der Waals surface area contributed by atoms with Crippen LogP contribution in [0.3, 0.4) is 0 Å². The molecule has 1 unspecified atom stereocenters. The number of sulfone groups is 1. The van der Waals surface area contributed by atoms with E-state index in [-0.39, 0.29) is 47.7 Å². The lowest BCUT2D eigenvalue weighted by molar-refractivity contribution is 0.00206. The molecule has 0 aliphatic carbocycles. The van der Waals surface area contributed by atoms with E-state index in [0.29, 0.717) is 18.5 Å². The third-order valence-corrected chi connectivity index (χ3v) is 7.89. The van der Waals surface area contributed by atoms with Gasteiger partial charge in [-0.05, 0) is 79.1 Å². The highest BCUT2D eigenvalue weighted by Gasteiger charge is 2.46. The second-order valence-corrected chi connectivity index (χ2v) is 15.2. The van der Waals surface area contributed by atoms with Crippen molar-refractivity contribution in [3.8, 4) is 0 Å². The molecule has 2 aliphatic heterocycles. The SMILES string of the molecule is CC(C)c1cnn2c(N(CC3C[C@H]4CC[C@@H](C3)N4C(=O)OC(C)(C)C)C(=O)OC(C)(C)C)nc(S(C)(=O)=O)nc12. The number of carbonyl (C=O) groups is 2. The number of ether oxygens (including phenoxy) is 2. The number of fused-ring (bicyclic) bond motifs is 3. The van der Waals surface area contributed by atoms with Crippen molar-refractivity contribution in [2.24, 2.45) is 5.92 Å². The zero-order valence-electron chi connectivity index (χ0n) is 25.0. The van der Waals surface area contributed by atoms with E-state index in [9.17, 15) is 18.0 Å². The third kappa shape index (κ3) is 6.50. The van der Waals surface area contributed by atoms with Crippen molar-refractivity contribution in [3.05, 3.63) is 11.8 Å². The summed E-state index contributed by atoms with van der Waals surface area (Å²) >= 11 is 0. The lowest BCUT2D eigenvalue weighted by Crippen LogP contribution is -2.51. The summed E-state index contributed by atoms with van der Waals surface area (Å²) in [5.74, 6) is 0.0551. The van der Waals surface area contributed by atoms with Crippen molar-refractivity contribution < 1.29 is 27.5 Å². The molecule has 13 heteroatoms. The van der Waals surface area contributed by atoms with Gasteiger partial charge in [-0.1, -0.05) is 13.8 Å². The summed E-state index contributed by atoms with van der Waals surface area (Å²) in [6.45, 7) is 15.0. The second kappa shape index (κ2) is 10.5. The minimum Gasteiger partial charge on any atom is -0.444 e. The van der Waals surface area contributed by atoms with Gasteiger partial charge in [-0.25, -0.2) is 22.9 Å². The quantitative estimate of drug-likeness (QED) is 0.500. The van der Waals surface area contributed by atoms with E-state index in [2.05, 4.69) is 15.1 Å². The average Bonchev–Trinajstić information content (AvgIpc) is 3.33. The molecule has 2 saturated heterocycles. The Morgan fingerprint density at radius 2 is 1.60 bits per heavy atom. The zero-order chi connectivity index (χ0) is 29.8. The molecule has 0 spiro atoms. The van der Waals surface area contributed by atoms with Crippen LogP contribution in [-0.4, -0.2) is 81.2 Å². The first-order valence-electron chi connectivity index (χ1n) is 13.8. The van der Waals surface area contributed by atoms with Gasteiger partial charge in [0.05, 0.1) is 6.20 Å². The number of carbonyl (C=O) groups excluding carboxylic acids is 2. The molecule has 0 N–H and O–H groups in total. The van der Waals surface area contributed by atoms with Crippen molar-refractivity contribution in [2.45, 2.75) is 115 Å². The molecule has 0 saturated carbocycles. The molecule has 0 aromatic carbocycles. The Hall–Kier alpha value is -2.96. The first-order valence-corrected chi connectivity index (χ1v) is 15.7. The van der Waals surface area contributed by atoms with Gasteiger partial charge in [0.2, 0.25) is 15.8 Å². The Labute approximate surface area is 236 Å². The number of nitrogens with zero attached hydrogens (tertiary/aromatic N) is 6. The largest absolute Gasteiger partial charge is 0.444 e. The molecule has 12 nitrogen and oxygen atoms in total. The Kier molecular flexibility index (Phi) is 7.85. The number of rotatable bonds is 5. The summed E-state index contributed by atoms with van der Waals surface area (Å²) in [4.78, 5) is 38.5. The second-order valence-electron chi connectivity index (χ2n) is 13.3. The molecule has 2 aromatic heterocycles. The first kappa shape index (κ1) is 30.0. The molecule has 3 atom stereocenters. The maximum absolute atomic E-state index is 13.7. The van der Waals surface area contributed by atoms with E-state index in [1.807, 2.05) is 39.5 Å². The number of piperidine rings is 1. The van der Waals surface area contributed by atoms with Crippen molar-refractivity contribution in [1.29, 1.82) is 0 Å². The van der Waals surface area contributed by atoms with Crippen molar-refractivity contribution in [2.75, 3.05) is 17.7 Å². The third-order valence-electron chi connectivity index (χ3n) is 7.04. The predicted molar refractivity (Wildman–Crippen MR) is 149 cm³/mol. The molecule has 4 heterocycles. The molecule has 40 heavy (non-hydrogen) atoms. The van der Waals surface area contributed by atoms with Crippen LogP contribution in [0.25, 0.3) is 5.65 Å². The van der Waals surface area contributed by atoms with E-state index in [1.54, 1.807) is 27.0 Å². The van der Waals surface area contributed by atoms with E-state index in [1.165, 1.54) is 9.42 Å². The number of anilines is 1. The van der Waals surface area contributed by atoms with Crippen LogP contribution >= 0.6 is 0 Å². The molecule has 0 radical (unpaired) electrons. The van der Waals surface area contributed by atoms with Gasteiger partial charge in [-0.3, -0.25) is 0 Å². The molecule has 2 bridgehead atoms. The lowest BCUT2D eigenvalue weighted by atomic mass is 9.90. The maximum Gasteiger partial charge on any atom is 0.417 e. The normalized spacial score (nSPS) is 21.6. The highest BCUT2D eigenvalue weighted by Crippen LogP contribution is 2.40. The molecule has 4 rings (SSSR count). The van der Waals surface area contributed by atoms with Gasteiger partial charge in [0, 0.05) is 30.4 Å². The molecule has 222 valence electrons. The summed E-state index contributed by atoms with van der Waals surface area (Å²) in [6, 6.07) is -0.0123. The Morgan fingerprint density at radius 3 is 2.10 bits per heavy atom. The molecule has 2 fully saturated rings. The van der Waals surface area contributed by atoms with Gasteiger partial charge in [0.25, 0.3) is 5.16 Å². The summed E-state index contributed by atoms with van der Waals surface area (Å²) in [7, 11) is -3.80. The first-order chi connectivity index (χ1) is 18.3. The summed E-state index contributed by atoms with van der Waals surface area (Å²) in [5.41, 5.74) is -0.321. The number of amides is 2. The smallest absolute Gasteiger partial charge is 0.417 e. The number of hydrogen-bond acceptors (Lipinski definition) is 9. The van der Waals surface area contributed by atoms with Gasteiger partial charge in [-0.2, -0.15) is 19.6 Å². The molecule has 2 aliphatic rings. The minimum absolute atomic E-state index is 0.00617. The van der Waals surface area contributed by atoms with Gasteiger partial charge < -0.3 is 14.4 Å². The highest BCUT2D eigenvalue weighted by atomic mass is 32.2. The lowest BCUT2D eigenvalue weighted by Gasteiger charge is -2.40. The monoisotopic (exact) mass is 578 g/mol. The predicted octanol–water partition coefficient (Wildman–Crippen LogP) is 4.57. The van der Waals surface area contributed by atoms with E-state index in [4.69, 9.17) is 9.47 Å². The highest BCUT2D eigenvalue weighted by molar-refractivity contribution is 7.90. The Bertz CT molecular complexity index is 1380. The zero-order valence-corrected chi connectivity index (χ0v) is 25.8. The van der Waals surface area contributed by atoms with Crippen molar-refractivity contribution in [3.63, 3.8) is 0 Å². The standard InChI is InChI=1S/C27H42N6O6S/c1-16(2)20-14-28-33-21(20)29-22(40(9,36)37)30-23(33)31(24(34)38-26(3,4)5)15-17-12-18-10-11-19(13-17)32(18)25(35)39-27(6,7)8/h14,16-19H,10-13,15H2,1-9H3/t17?,18-,19+. The van der Waals surface area contributed by atoms with Crippen LogP contribution in [0.5, 0.6) is 0 Å². The Morgan fingerprint density at radius 1 is 1.02 bits per heavy atom. The van der Waals surface area contributed by atoms with Gasteiger partial charge in [-0.15, -0.1) is 0 Å². The van der Waals surface area contributed by atoms with Crippen LogP contribution in [0.4, 0.5) is 15.5 Å². The number of hydrogen-bond donors (Lipinski definition) is 0. The van der Waals surface area contributed by atoms with Crippen LogP contribution in [-0.2, 0) is 19.3 Å². The molecular formula is C27H42N6O6S. The van der Waals surface area contributed by atoms with Crippen LogP contribution in [0.15, 0.2) is 11.4 Å². The fourth-order valence-electron chi connectivity index (χ4n) is 5.47. The van der Waals surface area contributed by atoms with Crippen LogP contribution < -0.4 is 4.90 Å². The van der Waals surface area contributed by atoms with Gasteiger partial charge >= 0.3 is 12.2 Å². The van der Waals surface area contributed by atoms with Crippen molar-refractivity contribution >= 4 is 33.6 Å². The van der Waals surface area contributed by atoms with Crippen LogP contribution in [0.2, 0.25) is 0 Å². The summed E-state index contributed by atoms with van der Waals surface area (Å²) in [6.07, 6.45) is 4.75. The van der Waals surface area contributed by atoms with Gasteiger partial charge in [0.1, 0.15) is 11.2 Å². The topological polar surface area (TPSA) is 136 Å². The minimum atomic E-state index is -3.80. The summed E-state index contributed by atoms with van der Waals surface area (Å²) in [5, 5.41) is 4.06. The van der Waals surface area contributed by atoms with Crippen molar-refractivity contribution in [1.82, 2.24) is 24.5 Å². The fraction of sp³-hybridized carbons (Fsp3) is 0.741. The van der Waals surface area contributed by atoms with Crippen LogP contribution in [0, 0.1) is 5.92 Å². The fourth-order valence-corrected chi connectivity index (χ4v) is 5.97. The van der Waals surface area contributed by atoms with E-state index >= 15 is 0 Å². The summed E-state index contributed by atoms with van der Waals surface area (Å²) < 4.78 is 38.0. The molecule has 2 aromatic rings.